The Balaban J connectivity index is 2.97. The summed E-state index contributed by atoms with van der Waals surface area (Å²) in [5.74, 6) is 1.45. The summed E-state index contributed by atoms with van der Waals surface area (Å²) in [5.41, 5.74) is 5.66. The molecule has 1 heterocycles. The molecule has 0 spiro atoms. The van der Waals surface area contributed by atoms with Crippen LogP contribution < -0.4 is 11.1 Å². The van der Waals surface area contributed by atoms with Crippen molar-refractivity contribution in [3.05, 3.63) is 6.33 Å². The molecular weight excluding hydrogens is 128 g/mol. The van der Waals surface area contributed by atoms with Crippen LogP contribution in [0.15, 0.2) is 6.33 Å². The third-order valence-electron chi connectivity index (χ3n) is 1.46. The first kappa shape index (κ1) is 6.92. The average molecular weight is 140 g/mol. The quantitative estimate of drug-likeness (QED) is 0.630. The number of hydrogen-bond acceptors (Lipinski definition) is 3. The number of nitrogens with one attached hydrogen (secondary N) is 1. The third kappa shape index (κ3) is 0.920. The van der Waals surface area contributed by atoms with Crippen LogP contribution >= 0.6 is 0 Å². The van der Waals surface area contributed by atoms with Gasteiger partial charge in [-0.2, -0.15) is 0 Å². The monoisotopic (exact) mass is 140 g/mol. The lowest BCUT2D eigenvalue weighted by Gasteiger charge is -1.99. The number of hydrogen-bond donors (Lipinski definition) is 2. The molecule has 4 heteroatoms. The molecule has 0 atom stereocenters. The standard InChI is InChI=1S/C6H12N4/c1-3-10-4-9-6(8-2)5(10)7/h4,8H,3,7H2,1-2H3. The second-order valence-corrected chi connectivity index (χ2v) is 2.01. The fourth-order valence-electron chi connectivity index (χ4n) is 0.836. The number of nitrogens with two attached hydrogens (primary N) is 1. The molecule has 0 saturated carbocycles. The second-order valence-electron chi connectivity index (χ2n) is 2.01. The van der Waals surface area contributed by atoms with Gasteiger partial charge in [0.2, 0.25) is 0 Å². The normalized spacial score (nSPS) is 9.80. The molecule has 0 aliphatic heterocycles. The fourth-order valence-corrected chi connectivity index (χ4v) is 0.836. The van der Waals surface area contributed by atoms with Gasteiger partial charge in [-0.3, -0.25) is 0 Å². The minimum Gasteiger partial charge on any atom is -0.382 e. The summed E-state index contributed by atoms with van der Waals surface area (Å²) in [6.07, 6.45) is 1.72. The van der Waals surface area contributed by atoms with Crippen LogP contribution in [0.4, 0.5) is 11.6 Å². The van der Waals surface area contributed by atoms with E-state index in [9.17, 15) is 0 Å². The Morgan fingerprint density at radius 1 is 1.80 bits per heavy atom. The van der Waals surface area contributed by atoms with Crippen molar-refractivity contribution in [1.82, 2.24) is 9.55 Å². The molecule has 1 aromatic heterocycles. The highest BCUT2D eigenvalue weighted by Crippen LogP contribution is 2.13. The number of aromatic nitrogens is 2. The van der Waals surface area contributed by atoms with Crippen LogP contribution in [0.25, 0.3) is 0 Å². The van der Waals surface area contributed by atoms with Crippen LogP contribution in [-0.4, -0.2) is 16.6 Å². The Labute approximate surface area is 60.1 Å². The van der Waals surface area contributed by atoms with E-state index in [4.69, 9.17) is 5.73 Å². The number of aryl methyl sites for hydroxylation is 1. The van der Waals surface area contributed by atoms with E-state index in [2.05, 4.69) is 10.3 Å². The SMILES string of the molecule is CCn1cnc(NC)c1N. The van der Waals surface area contributed by atoms with Gasteiger partial charge in [0.15, 0.2) is 5.82 Å². The van der Waals surface area contributed by atoms with E-state index in [1.54, 1.807) is 13.4 Å². The summed E-state index contributed by atoms with van der Waals surface area (Å²) in [6, 6.07) is 0. The maximum Gasteiger partial charge on any atom is 0.168 e. The Morgan fingerprint density at radius 2 is 2.50 bits per heavy atom. The van der Waals surface area contributed by atoms with Gasteiger partial charge in [-0.05, 0) is 6.92 Å². The van der Waals surface area contributed by atoms with Gasteiger partial charge in [-0.15, -0.1) is 0 Å². The molecule has 0 fully saturated rings. The predicted molar refractivity (Wildman–Crippen MR) is 41.9 cm³/mol. The summed E-state index contributed by atoms with van der Waals surface area (Å²) in [7, 11) is 1.80. The minimum atomic E-state index is 0.699. The van der Waals surface area contributed by atoms with Gasteiger partial charge in [-0.1, -0.05) is 0 Å². The zero-order valence-corrected chi connectivity index (χ0v) is 6.26. The van der Waals surface area contributed by atoms with E-state index in [1.807, 2.05) is 11.5 Å². The van der Waals surface area contributed by atoms with Crippen molar-refractivity contribution in [1.29, 1.82) is 0 Å². The molecule has 0 unspecified atom stereocenters. The fraction of sp³-hybridized carbons (Fsp3) is 0.500. The first-order chi connectivity index (χ1) is 4.79. The number of imidazole rings is 1. The molecule has 0 bridgehead atoms. The molecule has 0 aromatic carbocycles. The van der Waals surface area contributed by atoms with Crippen molar-refractivity contribution in [2.24, 2.45) is 0 Å². The lowest BCUT2D eigenvalue weighted by atomic mass is 10.6. The first-order valence-corrected chi connectivity index (χ1v) is 3.28. The molecule has 3 N–H and O–H groups in total. The summed E-state index contributed by atoms with van der Waals surface area (Å²) in [4.78, 5) is 4.03. The predicted octanol–water partition coefficient (Wildman–Crippen LogP) is 0.527. The molecule has 0 amide bonds. The summed E-state index contributed by atoms with van der Waals surface area (Å²) < 4.78 is 1.88. The average Bonchev–Trinajstić information content (AvgIpc) is 2.30. The molecular formula is C6H12N4. The van der Waals surface area contributed by atoms with E-state index >= 15 is 0 Å². The minimum absolute atomic E-state index is 0.699. The van der Waals surface area contributed by atoms with Gasteiger partial charge in [-0.25, -0.2) is 4.98 Å². The van der Waals surface area contributed by atoms with Crippen molar-refractivity contribution >= 4 is 11.6 Å². The third-order valence-corrected chi connectivity index (χ3v) is 1.46. The largest absolute Gasteiger partial charge is 0.382 e. The summed E-state index contributed by atoms with van der Waals surface area (Å²) in [5, 5.41) is 2.89. The lowest BCUT2D eigenvalue weighted by Crippen LogP contribution is -2.00. The van der Waals surface area contributed by atoms with Crippen LogP contribution in [0.1, 0.15) is 6.92 Å². The van der Waals surface area contributed by atoms with E-state index in [-0.39, 0.29) is 0 Å². The van der Waals surface area contributed by atoms with Gasteiger partial charge in [0.1, 0.15) is 5.82 Å². The van der Waals surface area contributed by atoms with Crippen molar-refractivity contribution in [2.45, 2.75) is 13.5 Å². The zero-order valence-electron chi connectivity index (χ0n) is 6.26. The Bertz CT molecular complexity index is 194. The maximum atomic E-state index is 5.66. The summed E-state index contributed by atoms with van der Waals surface area (Å²) in [6.45, 7) is 2.89. The highest BCUT2D eigenvalue weighted by molar-refractivity contribution is 5.56. The smallest absolute Gasteiger partial charge is 0.168 e. The van der Waals surface area contributed by atoms with E-state index in [0.717, 1.165) is 12.4 Å². The van der Waals surface area contributed by atoms with Gasteiger partial charge in [0, 0.05) is 13.6 Å². The molecule has 0 aliphatic rings. The topological polar surface area (TPSA) is 55.9 Å². The van der Waals surface area contributed by atoms with Crippen LogP contribution in [0, 0.1) is 0 Å². The van der Waals surface area contributed by atoms with Gasteiger partial charge >= 0.3 is 0 Å². The number of nitrogen functional groups attached to an aromatic ring is 1. The highest BCUT2D eigenvalue weighted by Gasteiger charge is 2.01. The second kappa shape index (κ2) is 2.60. The van der Waals surface area contributed by atoms with Gasteiger partial charge < -0.3 is 15.6 Å². The number of nitrogens with zero attached hydrogens (tertiary/aromatic N) is 2. The summed E-state index contributed by atoms with van der Waals surface area (Å²) >= 11 is 0. The Morgan fingerprint density at radius 3 is 2.80 bits per heavy atom. The molecule has 0 radical (unpaired) electrons. The molecule has 10 heavy (non-hydrogen) atoms. The first-order valence-electron chi connectivity index (χ1n) is 3.28. The molecule has 0 aliphatic carbocycles. The van der Waals surface area contributed by atoms with Crippen molar-refractivity contribution in [3.63, 3.8) is 0 Å². The van der Waals surface area contributed by atoms with Crippen LogP contribution in [0.5, 0.6) is 0 Å². The zero-order chi connectivity index (χ0) is 7.56. The number of rotatable bonds is 2. The van der Waals surface area contributed by atoms with Crippen LogP contribution in [0.2, 0.25) is 0 Å². The molecule has 1 rings (SSSR count). The molecule has 0 saturated heterocycles. The Hall–Kier alpha value is -1.19. The van der Waals surface area contributed by atoms with Crippen molar-refractivity contribution in [3.8, 4) is 0 Å². The van der Waals surface area contributed by atoms with E-state index in [1.165, 1.54) is 0 Å². The van der Waals surface area contributed by atoms with E-state index < -0.39 is 0 Å². The van der Waals surface area contributed by atoms with Gasteiger partial charge in [0.25, 0.3) is 0 Å². The van der Waals surface area contributed by atoms with Crippen molar-refractivity contribution < 1.29 is 0 Å². The number of anilines is 2. The highest BCUT2D eigenvalue weighted by atomic mass is 15.2. The van der Waals surface area contributed by atoms with Gasteiger partial charge in [0.05, 0.1) is 6.33 Å². The van der Waals surface area contributed by atoms with E-state index in [0.29, 0.717) is 5.82 Å². The van der Waals surface area contributed by atoms with Crippen LogP contribution in [-0.2, 0) is 6.54 Å². The van der Waals surface area contributed by atoms with Crippen LogP contribution in [0.3, 0.4) is 0 Å². The Kier molecular flexibility index (Phi) is 1.80. The van der Waals surface area contributed by atoms with Crippen molar-refractivity contribution in [2.75, 3.05) is 18.1 Å². The molecule has 1 aromatic rings. The molecule has 4 nitrogen and oxygen atoms in total. The maximum absolute atomic E-state index is 5.66. The molecule has 56 valence electrons. The lowest BCUT2D eigenvalue weighted by molar-refractivity contribution is 0.771.